The molecule has 1 aromatic carbocycles. The van der Waals surface area contributed by atoms with Crippen LogP contribution in [0.2, 0.25) is 0 Å². The fourth-order valence-electron chi connectivity index (χ4n) is 2.28. The van der Waals surface area contributed by atoms with Crippen LogP contribution in [0.15, 0.2) is 18.2 Å². The zero-order chi connectivity index (χ0) is 12.5. The molecule has 2 N–H and O–H groups in total. The molecule has 1 aliphatic rings. The Labute approximate surface area is 103 Å². The Morgan fingerprint density at radius 2 is 2.18 bits per heavy atom. The molecular formula is C14H21NO2. The number of methoxy groups -OCH3 is 1. The van der Waals surface area contributed by atoms with E-state index in [4.69, 9.17) is 15.2 Å². The first-order valence-electron chi connectivity index (χ1n) is 6.07. The Hall–Kier alpha value is -1.06. The summed E-state index contributed by atoms with van der Waals surface area (Å²) in [5, 5.41) is 0. The number of ether oxygens (including phenoxy) is 2. The van der Waals surface area contributed by atoms with E-state index in [0.717, 1.165) is 30.9 Å². The minimum atomic E-state index is -0.388. The summed E-state index contributed by atoms with van der Waals surface area (Å²) >= 11 is 0. The number of benzene rings is 1. The molecule has 0 aromatic heterocycles. The molecule has 1 unspecified atom stereocenters. The lowest BCUT2D eigenvalue weighted by Gasteiger charge is -2.23. The van der Waals surface area contributed by atoms with Gasteiger partial charge in [-0.2, -0.15) is 0 Å². The van der Waals surface area contributed by atoms with Gasteiger partial charge in [-0.15, -0.1) is 0 Å². The van der Waals surface area contributed by atoms with E-state index in [1.54, 1.807) is 7.11 Å². The Balaban J connectivity index is 2.37. The third kappa shape index (κ3) is 2.61. The van der Waals surface area contributed by atoms with E-state index in [0.29, 0.717) is 5.92 Å². The van der Waals surface area contributed by atoms with Crippen LogP contribution in [0.4, 0.5) is 0 Å². The molecule has 0 spiro atoms. The molecule has 0 saturated carbocycles. The second-order valence-corrected chi connectivity index (χ2v) is 5.24. The number of hydrogen-bond donors (Lipinski definition) is 1. The largest absolute Gasteiger partial charge is 0.496 e. The molecule has 1 heterocycles. The van der Waals surface area contributed by atoms with Crippen LogP contribution in [-0.4, -0.2) is 20.3 Å². The third-order valence-electron chi connectivity index (χ3n) is 3.32. The van der Waals surface area contributed by atoms with Crippen LogP contribution in [0.5, 0.6) is 5.75 Å². The molecule has 0 bridgehead atoms. The zero-order valence-corrected chi connectivity index (χ0v) is 10.8. The van der Waals surface area contributed by atoms with Gasteiger partial charge in [0.1, 0.15) is 5.75 Å². The highest BCUT2D eigenvalue weighted by Gasteiger charge is 2.23. The minimum absolute atomic E-state index is 0.388. The molecule has 3 nitrogen and oxygen atoms in total. The van der Waals surface area contributed by atoms with E-state index < -0.39 is 0 Å². The summed E-state index contributed by atoms with van der Waals surface area (Å²) in [5.74, 6) is 1.36. The highest BCUT2D eigenvalue weighted by molar-refractivity contribution is 5.42. The van der Waals surface area contributed by atoms with Gasteiger partial charge in [0.2, 0.25) is 0 Å². The molecule has 17 heavy (non-hydrogen) atoms. The molecule has 0 amide bonds. The first-order chi connectivity index (χ1) is 8.02. The zero-order valence-electron chi connectivity index (χ0n) is 10.8. The van der Waals surface area contributed by atoms with Crippen molar-refractivity contribution in [2.45, 2.75) is 31.7 Å². The van der Waals surface area contributed by atoms with E-state index in [2.05, 4.69) is 12.1 Å². The van der Waals surface area contributed by atoms with Gasteiger partial charge < -0.3 is 15.2 Å². The average molecular weight is 235 g/mol. The van der Waals surface area contributed by atoms with E-state index in [-0.39, 0.29) is 5.54 Å². The number of nitrogens with two attached hydrogens (primary N) is 1. The molecule has 1 atom stereocenters. The monoisotopic (exact) mass is 235 g/mol. The first kappa shape index (κ1) is 12.4. The summed E-state index contributed by atoms with van der Waals surface area (Å²) in [6.45, 7) is 5.67. The van der Waals surface area contributed by atoms with Crippen molar-refractivity contribution in [3.05, 3.63) is 29.3 Å². The van der Waals surface area contributed by atoms with Gasteiger partial charge in [0.15, 0.2) is 0 Å². The average Bonchev–Trinajstić information content (AvgIpc) is 2.80. The van der Waals surface area contributed by atoms with E-state index in [1.807, 2.05) is 19.9 Å². The quantitative estimate of drug-likeness (QED) is 0.875. The lowest BCUT2D eigenvalue weighted by molar-refractivity contribution is 0.194. The van der Waals surface area contributed by atoms with E-state index in [1.165, 1.54) is 5.56 Å². The minimum Gasteiger partial charge on any atom is -0.496 e. The highest BCUT2D eigenvalue weighted by atomic mass is 16.5. The maximum Gasteiger partial charge on any atom is 0.123 e. The Morgan fingerprint density at radius 1 is 1.41 bits per heavy atom. The fourth-order valence-corrected chi connectivity index (χ4v) is 2.28. The van der Waals surface area contributed by atoms with Crippen LogP contribution in [0.25, 0.3) is 0 Å². The van der Waals surface area contributed by atoms with Crippen molar-refractivity contribution in [3.63, 3.8) is 0 Å². The molecule has 1 aromatic rings. The molecule has 0 radical (unpaired) electrons. The van der Waals surface area contributed by atoms with E-state index in [9.17, 15) is 0 Å². The highest BCUT2D eigenvalue weighted by Crippen LogP contribution is 2.33. The van der Waals surface area contributed by atoms with Crippen LogP contribution < -0.4 is 10.5 Å². The van der Waals surface area contributed by atoms with Gasteiger partial charge >= 0.3 is 0 Å². The van der Waals surface area contributed by atoms with Crippen LogP contribution in [-0.2, 0) is 10.3 Å². The predicted molar refractivity (Wildman–Crippen MR) is 68.4 cm³/mol. The van der Waals surface area contributed by atoms with Crippen LogP contribution in [0, 0.1) is 0 Å². The first-order valence-corrected chi connectivity index (χ1v) is 6.07. The molecule has 1 aliphatic heterocycles. The van der Waals surface area contributed by atoms with Crippen molar-refractivity contribution in [2.75, 3.05) is 20.3 Å². The molecule has 0 aliphatic carbocycles. The van der Waals surface area contributed by atoms with Gasteiger partial charge in [-0.3, -0.25) is 0 Å². The SMILES string of the molecule is COc1ccc(C2CCOC2)cc1C(C)(C)N. The van der Waals surface area contributed by atoms with Crippen molar-refractivity contribution in [2.24, 2.45) is 5.73 Å². The molecule has 1 fully saturated rings. The van der Waals surface area contributed by atoms with Gasteiger partial charge in [0.25, 0.3) is 0 Å². The molecule has 94 valence electrons. The maximum absolute atomic E-state index is 6.19. The van der Waals surface area contributed by atoms with Gasteiger partial charge in [-0.25, -0.2) is 0 Å². The van der Waals surface area contributed by atoms with Gasteiger partial charge in [-0.1, -0.05) is 6.07 Å². The van der Waals surface area contributed by atoms with Crippen molar-refractivity contribution < 1.29 is 9.47 Å². The second kappa shape index (κ2) is 4.67. The van der Waals surface area contributed by atoms with Crippen LogP contribution in [0.1, 0.15) is 37.3 Å². The molecule has 1 saturated heterocycles. The summed E-state index contributed by atoms with van der Waals surface area (Å²) in [6, 6.07) is 6.29. The summed E-state index contributed by atoms with van der Waals surface area (Å²) in [5.41, 5.74) is 8.16. The number of hydrogen-bond acceptors (Lipinski definition) is 3. The van der Waals surface area contributed by atoms with E-state index >= 15 is 0 Å². The smallest absolute Gasteiger partial charge is 0.123 e. The summed E-state index contributed by atoms with van der Waals surface area (Å²) in [4.78, 5) is 0. The second-order valence-electron chi connectivity index (χ2n) is 5.24. The standard InChI is InChI=1S/C14H21NO2/c1-14(2,15)12-8-10(4-5-13(12)16-3)11-6-7-17-9-11/h4-5,8,11H,6-7,9,15H2,1-3H3. The van der Waals surface area contributed by atoms with Crippen molar-refractivity contribution in [1.82, 2.24) is 0 Å². The Bertz CT molecular complexity index is 390. The normalized spacial score (nSPS) is 20.6. The van der Waals surface area contributed by atoms with Gasteiger partial charge in [0.05, 0.1) is 13.7 Å². The lowest BCUT2D eigenvalue weighted by Crippen LogP contribution is -2.29. The van der Waals surface area contributed by atoms with Crippen molar-refractivity contribution in [1.29, 1.82) is 0 Å². The van der Waals surface area contributed by atoms with Gasteiger partial charge in [-0.05, 0) is 38.0 Å². The molecule has 2 rings (SSSR count). The summed E-state index contributed by atoms with van der Waals surface area (Å²) in [7, 11) is 1.68. The Kier molecular flexibility index (Phi) is 3.40. The third-order valence-corrected chi connectivity index (χ3v) is 3.32. The van der Waals surface area contributed by atoms with Gasteiger partial charge in [0, 0.05) is 23.6 Å². The summed E-state index contributed by atoms with van der Waals surface area (Å²) < 4.78 is 10.8. The maximum atomic E-state index is 6.19. The van der Waals surface area contributed by atoms with Crippen molar-refractivity contribution in [3.8, 4) is 5.75 Å². The summed E-state index contributed by atoms with van der Waals surface area (Å²) in [6.07, 6.45) is 1.09. The predicted octanol–water partition coefficient (Wildman–Crippen LogP) is 2.39. The number of rotatable bonds is 3. The van der Waals surface area contributed by atoms with Crippen LogP contribution >= 0.6 is 0 Å². The molecule has 3 heteroatoms. The fraction of sp³-hybridized carbons (Fsp3) is 0.571. The van der Waals surface area contributed by atoms with Crippen molar-refractivity contribution >= 4 is 0 Å². The van der Waals surface area contributed by atoms with Crippen LogP contribution in [0.3, 0.4) is 0 Å². The topological polar surface area (TPSA) is 44.5 Å². The Morgan fingerprint density at radius 3 is 2.71 bits per heavy atom. The molecular weight excluding hydrogens is 214 g/mol. The lowest BCUT2D eigenvalue weighted by atomic mass is 9.89.